The number of carbonyl (C=O) groups excluding carboxylic acids is 7. The van der Waals surface area contributed by atoms with Gasteiger partial charge in [-0.05, 0) is 56.1 Å². The average molecular weight is 977 g/mol. The van der Waals surface area contributed by atoms with E-state index in [1.807, 2.05) is 48.5 Å². The molecule has 69 heavy (non-hydrogen) atoms. The fraction of sp³-hybridized carbons (Fsp3) is 0.627. The van der Waals surface area contributed by atoms with E-state index in [1.165, 1.54) is 0 Å². The Balaban J connectivity index is -0.0000109. The van der Waals surface area contributed by atoms with E-state index in [-0.39, 0.29) is 111 Å². The Bertz CT molecular complexity index is 1670. The van der Waals surface area contributed by atoms with E-state index >= 15 is 0 Å². The molecule has 7 N–H and O–H groups in total. The molecule has 0 aliphatic rings. The zero-order valence-electron chi connectivity index (χ0n) is 38.2. The number of hydrogen-bond acceptors (Lipinski definition) is 13. The summed E-state index contributed by atoms with van der Waals surface area (Å²) in [4.78, 5) is 97.8. The molecular formula is C51H88N6O12. The van der Waals surface area contributed by atoms with Gasteiger partial charge < -0.3 is 50.4 Å². The lowest BCUT2D eigenvalue weighted by Gasteiger charge is -2.24. The van der Waals surface area contributed by atoms with Crippen LogP contribution in [0.1, 0.15) is 118 Å². The molecule has 0 aliphatic carbocycles. The summed E-state index contributed by atoms with van der Waals surface area (Å²) < 4.78 is 20.7. The molecule has 3 atom stereocenters. The van der Waals surface area contributed by atoms with Gasteiger partial charge in [0.15, 0.2) is 11.6 Å². The van der Waals surface area contributed by atoms with E-state index in [9.17, 15) is 33.6 Å². The Labute approximate surface area is 412 Å². The topological polar surface area (TPSA) is 252 Å². The second kappa shape index (κ2) is 44.1. The summed E-state index contributed by atoms with van der Waals surface area (Å²) in [5.41, 5.74) is 1.56. The largest absolute Gasteiger partial charge is 0.382 e. The molecule has 18 heteroatoms. The molecule has 0 aliphatic heterocycles. The molecule has 0 spiro atoms. The highest BCUT2D eigenvalue weighted by atomic mass is 16.6. The molecule has 2 aromatic carbocycles. The molecule has 394 valence electrons. The first-order chi connectivity index (χ1) is 31.6. The molecule has 5 amide bonds. The third kappa shape index (κ3) is 33.9. The summed E-state index contributed by atoms with van der Waals surface area (Å²) in [5, 5.41) is 13.9. The monoisotopic (exact) mass is 977 g/mol. The number of nitrogens with two attached hydrogens (primary N) is 1. The quantitative estimate of drug-likeness (QED) is 0.0392. The van der Waals surface area contributed by atoms with Gasteiger partial charge in [-0.1, -0.05) is 96.8 Å². The number of carbonyl (C=O) groups is 7. The predicted molar refractivity (Wildman–Crippen MR) is 270 cm³/mol. The van der Waals surface area contributed by atoms with Crippen LogP contribution in [0, 0.1) is 0 Å². The number of Topliss-reactive ketones (excluding diaryl/α,β-unsaturated/α-hetero) is 2. The first-order valence-electron chi connectivity index (χ1n) is 22.6. The van der Waals surface area contributed by atoms with E-state index < -0.39 is 35.8 Å². The van der Waals surface area contributed by atoms with Gasteiger partial charge in [0.2, 0.25) is 29.5 Å². The lowest BCUT2D eigenvalue weighted by Crippen LogP contribution is -2.52. The van der Waals surface area contributed by atoms with Crippen molar-refractivity contribution < 1.29 is 57.3 Å². The first-order valence-corrected chi connectivity index (χ1v) is 22.6. The van der Waals surface area contributed by atoms with Crippen LogP contribution in [0.25, 0.3) is 0 Å². The minimum Gasteiger partial charge on any atom is -0.382 e. The van der Waals surface area contributed by atoms with Crippen molar-refractivity contribution in [2.75, 3.05) is 73.6 Å². The van der Waals surface area contributed by atoms with Crippen LogP contribution in [0.3, 0.4) is 0 Å². The Hall–Kier alpha value is -5.11. The summed E-state index contributed by atoms with van der Waals surface area (Å²) in [6.45, 7) is 3.82. The zero-order valence-corrected chi connectivity index (χ0v) is 38.2. The average Bonchev–Trinajstić information content (AvgIpc) is 3.30. The number of nitrogens with one attached hydrogen (secondary N) is 5. The number of ether oxygens (including phenoxy) is 4. The van der Waals surface area contributed by atoms with Crippen molar-refractivity contribution in [3.63, 3.8) is 0 Å². The van der Waals surface area contributed by atoms with Crippen molar-refractivity contribution in [2.24, 2.45) is 5.90 Å². The van der Waals surface area contributed by atoms with Crippen molar-refractivity contribution in [1.82, 2.24) is 26.6 Å². The van der Waals surface area contributed by atoms with Gasteiger partial charge in [0.1, 0.15) is 6.04 Å². The highest BCUT2D eigenvalue weighted by Gasteiger charge is 2.29. The van der Waals surface area contributed by atoms with E-state index in [1.54, 1.807) is 26.4 Å². The number of unbranched alkanes of at least 4 members (excludes halogenated alkanes) is 2. The molecule has 0 aromatic heterocycles. The van der Waals surface area contributed by atoms with Crippen LogP contribution in [0.2, 0.25) is 0 Å². The summed E-state index contributed by atoms with van der Waals surface area (Å²) >= 11 is 0. The van der Waals surface area contributed by atoms with Gasteiger partial charge in [-0.2, -0.15) is 0 Å². The maximum Gasteiger partial charge on any atom is 0.243 e. The summed E-state index contributed by atoms with van der Waals surface area (Å²) in [6, 6.07) is 15.0. The van der Waals surface area contributed by atoms with Crippen molar-refractivity contribution >= 4 is 41.1 Å². The van der Waals surface area contributed by atoms with Crippen LogP contribution in [0.15, 0.2) is 60.7 Å². The minimum atomic E-state index is -1.22. The SMILES string of the molecule is C.C.C.C.COCCOCCCNC(=O)CCC(=O)C(Cc1ccccc1)NC(=O)CCC(NC(=O)CCCCCON)C(=O)NC(Cc1ccccc1)C(=O)CCC(=O)NCCCOCCOC. The van der Waals surface area contributed by atoms with Gasteiger partial charge in [0.25, 0.3) is 0 Å². The Morgan fingerprint density at radius 1 is 0.464 bits per heavy atom. The number of hydrogen-bond donors (Lipinski definition) is 6. The second-order valence-electron chi connectivity index (χ2n) is 15.5. The van der Waals surface area contributed by atoms with Gasteiger partial charge in [-0.25, -0.2) is 5.90 Å². The van der Waals surface area contributed by atoms with E-state index in [0.29, 0.717) is 91.4 Å². The zero-order chi connectivity index (χ0) is 47.3. The molecule has 0 fully saturated rings. The van der Waals surface area contributed by atoms with Gasteiger partial charge in [0.05, 0.1) is 45.1 Å². The molecule has 2 aromatic rings. The maximum absolute atomic E-state index is 14.0. The Morgan fingerprint density at radius 2 is 0.913 bits per heavy atom. The van der Waals surface area contributed by atoms with Crippen molar-refractivity contribution in [2.45, 2.75) is 138 Å². The van der Waals surface area contributed by atoms with E-state index in [4.69, 9.17) is 24.8 Å². The highest BCUT2D eigenvalue weighted by Crippen LogP contribution is 2.12. The molecule has 0 bridgehead atoms. The smallest absolute Gasteiger partial charge is 0.243 e. The van der Waals surface area contributed by atoms with Crippen LogP contribution in [-0.4, -0.2) is 133 Å². The molecule has 0 saturated heterocycles. The summed E-state index contributed by atoms with van der Waals surface area (Å²) in [7, 11) is 3.17. The fourth-order valence-corrected chi connectivity index (χ4v) is 6.48. The van der Waals surface area contributed by atoms with Crippen LogP contribution in [0.4, 0.5) is 0 Å². The highest BCUT2D eigenvalue weighted by molar-refractivity contribution is 5.95. The standard InChI is InChI=1S/C47H72N6O12.4CH4/c1-61-30-32-63-27-12-25-49-43(56)23-20-41(54)39(34-36-14-6-3-7-15-36)52-46(59)22-19-38(51-45(58)18-10-5-11-29-65-48)47(60)53-40(35-37-16-8-4-9-17-37)42(55)21-24-44(57)50-26-13-28-64-33-31-62-2;;;;/h3-4,6-9,14-17,38-40H,5,10-13,18-35,48H2,1-2H3,(H,49,56)(H,50,57)(H,51,58)(H,52,59)(H,53,60);4*1H4. The van der Waals surface area contributed by atoms with Crippen molar-refractivity contribution in [3.05, 3.63) is 71.8 Å². The van der Waals surface area contributed by atoms with Crippen molar-refractivity contribution in [3.8, 4) is 0 Å². The molecule has 0 saturated carbocycles. The van der Waals surface area contributed by atoms with E-state index in [0.717, 1.165) is 11.1 Å². The minimum absolute atomic E-state index is 0. The second-order valence-corrected chi connectivity index (χ2v) is 15.5. The fourth-order valence-electron chi connectivity index (χ4n) is 6.48. The van der Waals surface area contributed by atoms with Gasteiger partial charge >= 0.3 is 0 Å². The molecule has 3 unspecified atom stereocenters. The maximum atomic E-state index is 14.0. The third-order valence-electron chi connectivity index (χ3n) is 10.1. The molecule has 18 nitrogen and oxygen atoms in total. The van der Waals surface area contributed by atoms with E-state index in [2.05, 4.69) is 31.4 Å². The molecule has 0 radical (unpaired) electrons. The first kappa shape index (κ1) is 68.2. The number of methoxy groups -OCH3 is 2. The van der Waals surface area contributed by atoms with Gasteiger partial charge in [-0.15, -0.1) is 0 Å². The van der Waals surface area contributed by atoms with Crippen LogP contribution < -0.4 is 32.5 Å². The number of benzene rings is 2. The lowest BCUT2D eigenvalue weighted by atomic mass is 9.98. The number of ketones is 2. The number of rotatable bonds is 39. The third-order valence-corrected chi connectivity index (χ3v) is 10.1. The van der Waals surface area contributed by atoms with Crippen LogP contribution in [-0.2, 0) is 70.2 Å². The number of amides is 5. The van der Waals surface area contributed by atoms with Crippen LogP contribution >= 0.6 is 0 Å². The summed E-state index contributed by atoms with van der Waals surface area (Å²) in [5.74, 6) is 2.10. The summed E-state index contributed by atoms with van der Waals surface area (Å²) in [6.07, 6.45) is 2.49. The molecule has 0 heterocycles. The lowest BCUT2D eigenvalue weighted by molar-refractivity contribution is -0.133. The normalized spacial score (nSPS) is 11.6. The Morgan fingerprint density at radius 3 is 1.38 bits per heavy atom. The molecular weight excluding hydrogens is 889 g/mol. The van der Waals surface area contributed by atoms with Crippen LogP contribution in [0.5, 0.6) is 0 Å². The van der Waals surface area contributed by atoms with Gasteiger partial charge in [-0.3, -0.25) is 33.6 Å². The predicted octanol–water partition coefficient (Wildman–Crippen LogP) is 4.74. The van der Waals surface area contributed by atoms with Gasteiger partial charge in [0, 0.05) is 79.0 Å². The van der Waals surface area contributed by atoms with Crippen molar-refractivity contribution in [1.29, 1.82) is 0 Å². The molecule has 2 rings (SSSR count). The Kier molecular flexibility index (Phi) is 43.6.